The van der Waals surface area contributed by atoms with Crippen LogP contribution in [-0.4, -0.2) is 55.1 Å². The highest BCUT2D eigenvalue weighted by Gasteiger charge is 2.15. The molecule has 0 spiro atoms. The van der Waals surface area contributed by atoms with Gasteiger partial charge in [-0.1, -0.05) is 36.4 Å². The molecule has 0 aromatic heterocycles. The third-order valence-electron chi connectivity index (χ3n) is 5.80. The number of aryl methyl sites for hydroxylation is 4. The number of hydrogen-bond acceptors (Lipinski definition) is 4. The van der Waals surface area contributed by atoms with Gasteiger partial charge < -0.3 is 5.32 Å². The molecule has 0 bridgehead atoms. The van der Waals surface area contributed by atoms with Gasteiger partial charge in [-0.15, -0.1) is 11.6 Å². The van der Waals surface area contributed by atoms with Crippen molar-refractivity contribution in [1.29, 1.82) is 0 Å². The van der Waals surface area contributed by atoms with Gasteiger partial charge in [-0.05, 0) is 61.1 Å². The first kappa shape index (κ1) is 25.3. The average molecular weight is 443 g/mol. The van der Waals surface area contributed by atoms with Crippen LogP contribution in [0.15, 0.2) is 36.4 Å². The molecule has 1 heterocycles. The molecule has 5 heteroatoms. The molecule has 0 atom stereocenters. The van der Waals surface area contributed by atoms with E-state index in [1.165, 1.54) is 27.8 Å². The van der Waals surface area contributed by atoms with Gasteiger partial charge >= 0.3 is 0 Å². The highest BCUT2D eigenvalue weighted by Crippen LogP contribution is 2.15. The summed E-state index contributed by atoms with van der Waals surface area (Å²) in [6.45, 7) is 12.8. The second kappa shape index (κ2) is 12.7. The molecule has 1 fully saturated rings. The standard InChI is InChI=1S/C15H22N2O.C11H13ClO/c1-12-4-3-5-13(2)15(12)10-14(18)11-17-8-6-16-7-9-17;1-8-4-3-5-9(2)11(8)6-10(13)7-12/h3-5,16H,6-11H2,1-2H3;3-5H,6-7H2,1-2H3. The van der Waals surface area contributed by atoms with Crippen molar-refractivity contribution in [1.82, 2.24) is 10.2 Å². The number of Topliss-reactive ketones (excluding diaryl/α,β-unsaturated/α-hetero) is 2. The van der Waals surface area contributed by atoms with Crippen LogP contribution < -0.4 is 5.32 Å². The number of hydrogen-bond donors (Lipinski definition) is 1. The Kier molecular flexibility index (Phi) is 10.4. The van der Waals surface area contributed by atoms with Gasteiger partial charge in [0.25, 0.3) is 0 Å². The summed E-state index contributed by atoms with van der Waals surface area (Å²) in [4.78, 5) is 25.5. The lowest BCUT2D eigenvalue weighted by Crippen LogP contribution is -2.45. The molecule has 31 heavy (non-hydrogen) atoms. The summed E-state index contributed by atoms with van der Waals surface area (Å²) in [7, 11) is 0. The van der Waals surface area contributed by atoms with Crippen LogP contribution in [0.5, 0.6) is 0 Å². The maximum atomic E-state index is 12.1. The molecule has 0 radical (unpaired) electrons. The number of alkyl halides is 1. The van der Waals surface area contributed by atoms with Crippen LogP contribution in [0.2, 0.25) is 0 Å². The summed E-state index contributed by atoms with van der Waals surface area (Å²) in [6.07, 6.45) is 1.03. The van der Waals surface area contributed by atoms with Crippen molar-refractivity contribution < 1.29 is 9.59 Å². The first-order valence-corrected chi connectivity index (χ1v) is 11.5. The summed E-state index contributed by atoms with van der Waals surface area (Å²) in [5.41, 5.74) is 7.11. The minimum atomic E-state index is 0.0825. The molecular formula is C26H35ClN2O2. The number of rotatable bonds is 7. The molecule has 1 aliphatic heterocycles. The van der Waals surface area contributed by atoms with Crippen LogP contribution in [0.4, 0.5) is 0 Å². The van der Waals surface area contributed by atoms with Gasteiger partial charge in [-0.2, -0.15) is 0 Å². The lowest BCUT2D eigenvalue weighted by molar-refractivity contribution is -0.119. The van der Waals surface area contributed by atoms with E-state index >= 15 is 0 Å². The summed E-state index contributed by atoms with van der Waals surface area (Å²) in [5, 5.41) is 3.30. The van der Waals surface area contributed by atoms with Gasteiger partial charge in [0.2, 0.25) is 0 Å². The third kappa shape index (κ3) is 8.21. The molecule has 2 aromatic rings. The Labute approximate surface area is 192 Å². The van der Waals surface area contributed by atoms with Gasteiger partial charge in [0.05, 0.1) is 12.4 Å². The largest absolute Gasteiger partial charge is 0.314 e. The number of nitrogens with zero attached hydrogens (tertiary/aromatic N) is 1. The molecule has 0 amide bonds. The van der Waals surface area contributed by atoms with Gasteiger partial charge in [-0.3, -0.25) is 14.5 Å². The number of ketones is 2. The fraction of sp³-hybridized carbons (Fsp3) is 0.462. The maximum Gasteiger partial charge on any atom is 0.151 e. The molecule has 168 valence electrons. The van der Waals surface area contributed by atoms with Crippen LogP contribution >= 0.6 is 11.6 Å². The van der Waals surface area contributed by atoms with Gasteiger partial charge in [-0.25, -0.2) is 0 Å². The van der Waals surface area contributed by atoms with E-state index in [4.69, 9.17) is 11.6 Å². The molecule has 1 saturated heterocycles. The van der Waals surface area contributed by atoms with Crippen molar-refractivity contribution in [3.63, 3.8) is 0 Å². The van der Waals surface area contributed by atoms with E-state index in [1.807, 2.05) is 32.0 Å². The molecule has 3 rings (SSSR count). The number of benzene rings is 2. The quantitative estimate of drug-likeness (QED) is 0.659. The first-order chi connectivity index (χ1) is 14.8. The van der Waals surface area contributed by atoms with Crippen LogP contribution in [-0.2, 0) is 22.4 Å². The van der Waals surface area contributed by atoms with Crippen molar-refractivity contribution in [3.8, 4) is 0 Å². The van der Waals surface area contributed by atoms with E-state index in [0.717, 1.165) is 31.7 Å². The van der Waals surface area contributed by atoms with Crippen molar-refractivity contribution in [2.75, 3.05) is 38.6 Å². The van der Waals surface area contributed by atoms with E-state index in [9.17, 15) is 9.59 Å². The summed E-state index contributed by atoms with van der Waals surface area (Å²) in [6, 6.07) is 12.3. The van der Waals surface area contributed by atoms with Crippen LogP contribution in [0.1, 0.15) is 33.4 Å². The number of halogens is 1. The van der Waals surface area contributed by atoms with Crippen molar-refractivity contribution >= 4 is 23.2 Å². The highest BCUT2D eigenvalue weighted by molar-refractivity contribution is 6.27. The lowest BCUT2D eigenvalue weighted by Gasteiger charge is -2.26. The second-order valence-corrected chi connectivity index (χ2v) is 8.60. The Morgan fingerprint density at radius 3 is 1.65 bits per heavy atom. The second-order valence-electron chi connectivity index (χ2n) is 8.33. The van der Waals surface area contributed by atoms with E-state index in [-0.39, 0.29) is 11.7 Å². The zero-order chi connectivity index (χ0) is 22.8. The van der Waals surface area contributed by atoms with Crippen LogP contribution in [0.3, 0.4) is 0 Å². The number of nitrogens with one attached hydrogen (secondary N) is 1. The lowest BCUT2D eigenvalue weighted by atomic mass is 9.98. The SMILES string of the molecule is Cc1cccc(C)c1CC(=O)CCl.Cc1cccc(C)c1CC(=O)CN1CCNCC1. The summed E-state index contributed by atoms with van der Waals surface area (Å²) >= 11 is 5.46. The Morgan fingerprint density at radius 1 is 0.806 bits per heavy atom. The zero-order valence-corrected chi connectivity index (χ0v) is 20.0. The predicted molar refractivity (Wildman–Crippen MR) is 129 cm³/mol. The number of piperazine rings is 1. The fourth-order valence-corrected chi connectivity index (χ4v) is 3.97. The molecule has 0 unspecified atom stereocenters. The molecule has 0 saturated carbocycles. The van der Waals surface area contributed by atoms with Crippen LogP contribution in [0, 0.1) is 27.7 Å². The Balaban J connectivity index is 0.000000233. The smallest absolute Gasteiger partial charge is 0.151 e. The zero-order valence-electron chi connectivity index (χ0n) is 19.3. The van der Waals surface area contributed by atoms with E-state index in [0.29, 0.717) is 25.2 Å². The molecule has 2 aromatic carbocycles. The minimum absolute atomic E-state index is 0.0825. The van der Waals surface area contributed by atoms with Gasteiger partial charge in [0.15, 0.2) is 11.6 Å². The Morgan fingerprint density at radius 2 is 1.23 bits per heavy atom. The van der Waals surface area contributed by atoms with Gasteiger partial charge in [0, 0.05) is 39.0 Å². The maximum absolute atomic E-state index is 12.1. The van der Waals surface area contributed by atoms with Crippen molar-refractivity contribution in [3.05, 3.63) is 69.8 Å². The average Bonchev–Trinajstić information content (AvgIpc) is 2.74. The van der Waals surface area contributed by atoms with Crippen molar-refractivity contribution in [2.24, 2.45) is 0 Å². The highest BCUT2D eigenvalue weighted by atomic mass is 35.5. The van der Waals surface area contributed by atoms with Crippen LogP contribution in [0.25, 0.3) is 0 Å². The van der Waals surface area contributed by atoms with Crippen molar-refractivity contribution in [2.45, 2.75) is 40.5 Å². The monoisotopic (exact) mass is 442 g/mol. The Hall–Kier alpha value is -2.01. The topological polar surface area (TPSA) is 49.4 Å². The normalized spacial score (nSPS) is 14.0. The number of carbonyl (C=O) groups excluding carboxylic acids is 2. The fourth-order valence-electron chi connectivity index (χ4n) is 3.87. The molecule has 4 nitrogen and oxygen atoms in total. The first-order valence-electron chi connectivity index (χ1n) is 10.9. The molecule has 0 aliphatic carbocycles. The Bertz CT molecular complexity index is 848. The van der Waals surface area contributed by atoms with Gasteiger partial charge in [0.1, 0.15) is 0 Å². The van der Waals surface area contributed by atoms with E-state index in [1.54, 1.807) is 0 Å². The van der Waals surface area contributed by atoms with E-state index < -0.39 is 0 Å². The molecule has 1 N–H and O–H groups in total. The summed E-state index contributed by atoms with van der Waals surface area (Å²) in [5.74, 6) is 0.515. The predicted octanol–water partition coefficient (Wildman–Crippen LogP) is 3.97. The van der Waals surface area contributed by atoms with E-state index in [2.05, 4.69) is 42.3 Å². The third-order valence-corrected chi connectivity index (χ3v) is 6.09. The molecular weight excluding hydrogens is 408 g/mol. The minimum Gasteiger partial charge on any atom is -0.314 e. The summed E-state index contributed by atoms with van der Waals surface area (Å²) < 4.78 is 0. The molecule has 1 aliphatic rings. The number of carbonyl (C=O) groups is 2.